The van der Waals surface area contributed by atoms with Gasteiger partial charge in [-0.25, -0.2) is 14.8 Å². The lowest BCUT2D eigenvalue weighted by Gasteiger charge is -2.05. The summed E-state index contributed by atoms with van der Waals surface area (Å²) in [5, 5.41) is 34.7. The Hall–Kier alpha value is -7.08. The van der Waals surface area contributed by atoms with Crippen LogP contribution in [0.3, 0.4) is 0 Å². The number of H-pyrrole nitrogens is 2. The Bertz CT molecular complexity index is 2620. The number of hydrogen-bond donors (Lipinski definition) is 5. The highest BCUT2D eigenvalue weighted by molar-refractivity contribution is 6.30. The molecule has 1 amide bonds. The molecule has 0 fully saturated rings. The number of carboxylic acid groups (broad SMARTS) is 1. The van der Waals surface area contributed by atoms with Crippen molar-refractivity contribution in [2.75, 3.05) is 13.1 Å². The lowest BCUT2D eigenvalue weighted by molar-refractivity contribution is 0.0696. The van der Waals surface area contributed by atoms with Crippen LogP contribution in [0.25, 0.3) is 45.6 Å². The highest BCUT2D eigenvalue weighted by Crippen LogP contribution is 2.21. The maximum Gasteiger partial charge on any atom is 0.335 e. The molecule has 0 aliphatic heterocycles. The molecule has 8 aromatic rings. The number of nitrogens with zero attached hydrogens (tertiary/aromatic N) is 8. The van der Waals surface area contributed by atoms with E-state index in [1.807, 2.05) is 42.5 Å². The van der Waals surface area contributed by atoms with Crippen LogP contribution in [-0.4, -0.2) is 80.7 Å². The number of hydrogen-bond acceptors (Lipinski definition) is 13. The quantitative estimate of drug-likeness (QED) is 0.0896. The number of carboxylic acids is 1. The molecule has 0 unspecified atom stereocenters. The Kier molecular flexibility index (Phi) is 14.0. The second-order valence-corrected chi connectivity index (χ2v) is 13.4. The van der Waals surface area contributed by atoms with Gasteiger partial charge in [-0.1, -0.05) is 57.8 Å². The summed E-state index contributed by atoms with van der Waals surface area (Å²) in [5.41, 5.74) is 9.31. The Labute approximate surface area is 346 Å². The van der Waals surface area contributed by atoms with Gasteiger partial charge in [0, 0.05) is 71.1 Å². The van der Waals surface area contributed by atoms with E-state index in [9.17, 15) is 9.59 Å². The molecule has 4 aromatic heterocycles. The van der Waals surface area contributed by atoms with Crippen LogP contribution >= 0.6 is 23.2 Å². The van der Waals surface area contributed by atoms with Crippen molar-refractivity contribution >= 4 is 35.1 Å². The number of amides is 1. The number of nitrogens with two attached hydrogens (primary N) is 1. The van der Waals surface area contributed by atoms with Crippen molar-refractivity contribution in [1.29, 1.82) is 0 Å². The fourth-order valence-electron chi connectivity index (χ4n) is 5.23. The smallest absolute Gasteiger partial charge is 0.335 e. The van der Waals surface area contributed by atoms with Crippen molar-refractivity contribution in [3.63, 3.8) is 0 Å². The molecule has 17 nitrogen and oxygen atoms in total. The number of aromatic amines is 2. The molecule has 59 heavy (non-hydrogen) atoms. The first kappa shape index (κ1) is 41.6. The molecule has 0 bridgehead atoms. The number of rotatable bonds is 11. The topological polar surface area (TPSA) is 253 Å². The van der Waals surface area contributed by atoms with E-state index in [-0.39, 0.29) is 11.5 Å². The molecule has 0 aliphatic carbocycles. The first-order valence-corrected chi connectivity index (χ1v) is 18.7. The summed E-state index contributed by atoms with van der Waals surface area (Å²) < 4.78 is 9.80. The molecule has 0 radical (unpaired) electrons. The van der Waals surface area contributed by atoms with Crippen LogP contribution in [0.1, 0.15) is 44.1 Å². The van der Waals surface area contributed by atoms with Gasteiger partial charge in [-0.15, -0.1) is 0 Å². The van der Waals surface area contributed by atoms with Crippen LogP contribution in [0, 0.1) is 13.8 Å². The van der Waals surface area contributed by atoms with Crippen LogP contribution in [0.5, 0.6) is 0 Å². The highest BCUT2D eigenvalue weighted by Gasteiger charge is 2.12. The summed E-state index contributed by atoms with van der Waals surface area (Å²) in [4.78, 5) is 40.1. The van der Waals surface area contributed by atoms with Gasteiger partial charge in [0.1, 0.15) is 11.6 Å². The maximum atomic E-state index is 12.4. The Morgan fingerprint density at radius 3 is 1.58 bits per heavy atom. The van der Waals surface area contributed by atoms with Crippen molar-refractivity contribution < 1.29 is 23.7 Å². The largest absolute Gasteiger partial charge is 0.478 e. The number of aromatic carboxylic acids is 1. The molecule has 0 spiro atoms. The zero-order valence-electron chi connectivity index (χ0n) is 31.6. The van der Waals surface area contributed by atoms with E-state index in [1.165, 1.54) is 12.1 Å². The van der Waals surface area contributed by atoms with Crippen molar-refractivity contribution in [1.82, 2.24) is 56.0 Å². The SMILES string of the molecule is Cc1nc(-c2cccc(C(=O)NCCc3nc(-c4ccc(Cl)cc4)n[nH]3)c2)no1.Cc1nc(-c2cccc(C(=O)O)c2)no1.NCCc1nc(-c2ccc(Cl)cc2)n[nH]1. The molecule has 19 heteroatoms. The molecule has 0 atom stereocenters. The molecule has 4 aromatic carbocycles. The van der Waals surface area contributed by atoms with Gasteiger partial charge in [0.15, 0.2) is 11.6 Å². The van der Waals surface area contributed by atoms with Gasteiger partial charge < -0.3 is 25.2 Å². The molecule has 300 valence electrons. The fourth-order valence-corrected chi connectivity index (χ4v) is 5.48. The Morgan fingerprint density at radius 1 is 0.644 bits per heavy atom. The van der Waals surface area contributed by atoms with E-state index >= 15 is 0 Å². The average Bonchev–Trinajstić information content (AvgIpc) is 4.09. The number of aryl methyl sites for hydroxylation is 2. The first-order valence-electron chi connectivity index (χ1n) is 17.9. The van der Waals surface area contributed by atoms with Gasteiger partial charge >= 0.3 is 5.97 Å². The van der Waals surface area contributed by atoms with Crippen LogP contribution in [0.15, 0.2) is 106 Å². The number of aromatic nitrogens is 10. The van der Waals surface area contributed by atoms with E-state index in [2.05, 4.69) is 56.0 Å². The van der Waals surface area contributed by atoms with Gasteiger partial charge in [0.05, 0.1) is 5.56 Å². The number of halogens is 2. The number of benzene rings is 4. The third-order valence-electron chi connectivity index (χ3n) is 8.10. The Balaban J connectivity index is 0.000000164. The van der Waals surface area contributed by atoms with Gasteiger partial charge in [-0.05, 0) is 79.3 Å². The Morgan fingerprint density at radius 2 is 1.12 bits per heavy atom. The highest BCUT2D eigenvalue weighted by atomic mass is 35.5. The third kappa shape index (κ3) is 11.7. The zero-order valence-corrected chi connectivity index (χ0v) is 33.1. The lowest BCUT2D eigenvalue weighted by atomic mass is 10.1. The molecule has 8 rings (SSSR count). The number of carbonyl (C=O) groups excluding carboxylic acids is 1. The molecule has 6 N–H and O–H groups in total. The lowest BCUT2D eigenvalue weighted by Crippen LogP contribution is -2.26. The van der Waals surface area contributed by atoms with Gasteiger partial charge in [-0.2, -0.15) is 20.2 Å². The second-order valence-electron chi connectivity index (χ2n) is 12.5. The summed E-state index contributed by atoms with van der Waals surface area (Å²) >= 11 is 11.7. The van der Waals surface area contributed by atoms with Crippen LogP contribution < -0.4 is 11.1 Å². The minimum Gasteiger partial charge on any atom is -0.478 e. The summed E-state index contributed by atoms with van der Waals surface area (Å²) in [6.45, 7) is 4.38. The average molecular weight is 836 g/mol. The van der Waals surface area contributed by atoms with Crippen LogP contribution in [0.2, 0.25) is 10.0 Å². The molecule has 4 heterocycles. The van der Waals surface area contributed by atoms with Gasteiger partial charge in [-0.3, -0.25) is 15.0 Å². The minimum atomic E-state index is -0.975. The van der Waals surface area contributed by atoms with Crippen LogP contribution in [0.4, 0.5) is 0 Å². The van der Waals surface area contributed by atoms with E-state index in [0.717, 1.165) is 22.5 Å². The first-order chi connectivity index (χ1) is 28.5. The third-order valence-corrected chi connectivity index (χ3v) is 8.61. The number of nitrogens with one attached hydrogen (secondary N) is 3. The zero-order chi connectivity index (χ0) is 41.7. The van der Waals surface area contributed by atoms with Crippen molar-refractivity contribution in [3.05, 3.63) is 142 Å². The fraction of sp³-hybridized carbons (Fsp3) is 0.150. The van der Waals surface area contributed by atoms with E-state index in [0.29, 0.717) is 88.0 Å². The summed E-state index contributed by atoms with van der Waals surface area (Å²) in [5.74, 6) is 3.37. The van der Waals surface area contributed by atoms with Gasteiger partial charge in [0.25, 0.3) is 5.91 Å². The predicted molar refractivity (Wildman–Crippen MR) is 218 cm³/mol. The molecule has 0 saturated heterocycles. The number of carbonyl (C=O) groups is 2. The van der Waals surface area contributed by atoms with Gasteiger partial charge in [0.2, 0.25) is 23.4 Å². The standard InChI is InChI=1S/C20H17ClN6O2.C10H11ClN4.C10H8N2O3/c1-12-23-19(27-29-12)14-3-2-4-15(11-14)20(28)22-10-9-17-24-18(26-25-17)13-5-7-16(21)8-6-13;11-8-3-1-7(2-4-8)10-13-9(5-6-12)14-15-10;1-6-11-9(12-15-6)7-3-2-4-8(5-7)10(13)14/h2-8,11H,9-10H2,1H3,(H,22,28)(H,24,25,26);1-4H,5-6,12H2,(H,13,14,15);2-5H,1H3,(H,13,14). The monoisotopic (exact) mass is 834 g/mol. The molecular formula is C40H36Cl2N12O5. The summed E-state index contributed by atoms with van der Waals surface area (Å²) in [7, 11) is 0. The maximum absolute atomic E-state index is 12.4. The predicted octanol–water partition coefficient (Wildman–Crippen LogP) is 6.83. The van der Waals surface area contributed by atoms with Crippen molar-refractivity contribution in [2.45, 2.75) is 26.7 Å². The van der Waals surface area contributed by atoms with Crippen molar-refractivity contribution in [2.24, 2.45) is 5.73 Å². The van der Waals surface area contributed by atoms with E-state index in [4.69, 9.17) is 43.1 Å². The van der Waals surface area contributed by atoms with Crippen molar-refractivity contribution in [3.8, 4) is 45.6 Å². The van der Waals surface area contributed by atoms with E-state index < -0.39 is 5.97 Å². The molecule has 0 aliphatic rings. The van der Waals surface area contributed by atoms with Crippen LogP contribution in [-0.2, 0) is 12.8 Å². The molecular weight excluding hydrogens is 799 g/mol. The second kappa shape index (κ2) is 19.9. The van der Waals surface area contributed by atoms with E-state index in [1.54, 1.807) is 56.3 Å². The summed E-state index contributed by atoms with van der Waals surface area (Å²) in [6.07, 6.45) is 1.23. The summed E-state index contributed by atoms with van der Waals surface area (Å²) in [6, 6.07) is 28.2. The molecule has 0 saturated carbocycles. The minimum absolute atomic E-state index is 0.190. The normalized spacial score (nSPS) is 10.6.